The molecular weight excluding hydrogens is 274 g/mol. The number of hydrogen-bond donors (Lipinski definition) is 1. The zero-order valence-corrected chi connectivity index (χ0v) is 12.6. The van der Waals surface area contributed by atoms with Gasteiger partial charge < -0.3 is 10.0 Å². The Labute approximate surface area is 124 Å². The van der Waals surface area contributed by atoms with Gasteiger partial charge in [-0.3, -0.25) is 0 Å². The van der Waals surface area contributed by atoms with Gasteiger partial charge in [0.05, 0.1) is 0 Å². The van der Waals surface area contributed by atoms with E-state index >= 15 is 0 Å². The number of benzene rings is 1. The number of piperidine rings is 1. The van der Waals surface area contributed by atoms with Crippen molar-refractivity contribution in [2.75, 3.05) is 18.0 Å². The highest BCUT2D eigenvalue weighted by Gasteiger charge is 2.23. The van der Waals surface area contributed by atoms with Crippen LogP contribution in [0.1, 0.15) is 25.8 Å². The number of nitrogens with zero attached hydrogens (tertiary/aromatic N) is 1. The standard InChI is InChI=1S/C16H20ClNO2/c1-11-7-12(2)10-18(9-11)15-5-4-14(17)8-13(15)3-6-16(19)20/h3-6,8,11-12H,7,9-10H2,1-2H3,(H,19,20)/b6-3+. The third kappa shape index (κ3) is 3.76. The minimum absolute atomic E-state index is 0.622. The number of carboxylic acid groups (broad SMARTS) is 1. The van der Waals surface area contributed by atoms with Crippen molar-refractivity contribution in [3.05, 3.63) is 34.9 Å². The summed E-state index contributed by atoms with van der Waals surface area (Å²) in [5.41, 5.74) is 1.92. The molecule has 0 aliphatic carbocycles. The van der Waals surface area contributed by atoms with E-state index in [2.05, 4.69) is 18.7 Å². The summed E-state index contributed by atoms with van der Waals surface area (Å²) < 4.78 is 0. The van der Waals surface area contributed by atoms with Crippen LogP contribution in [0.25, 0.3) is 6.08 Å². The van der Waals surface area contributed by atoms with E-state index in [0.29, 0.717) is 16.9 Å². The number of aliphatic carboxylic acids is 1. The molecule has 1 aromatic carbocycles. The van der Waals surface area contributed by atoms with Crippen LogP contribution in [-0.2, 0) is 4.79 Å². The Morgan fingerprint density at radius 2 is 2.00 bits per heavy atom. The van der Waals surface area contributed by atoms with Crippen LogP contribution in [-0.4, -0.2) is 24.2 Å². The van der Waals surface area contributed by atoms with Crippen molar-refractivity contribution in [1.29, 1.82) is 0 Å². The molecule has 0 bridgehead atoms. The van der Waals surface area contributed by atoms with E-state index in [9.17, 15) is 4.79 Å². The molecule has 1 aliphatic heterocycles. The Hall–Kier alpha value is -1.48. The summed E-state index contributed by atoms with van der Waals surface area (Å²) in [4.78, 5) is 13.0. The predicted octanol–water partition coefficient (Wildman–Crippen LogP) is 3.92. The molecule has 2 atom stereocenters. The number of carbonyl (C=O) groups is 1. The molecular formula is C16H20ClNO2. The highest BCUT2D eigenvalue weighted by atomic mass is 35.5. The molecule has 1 aromatic rings. The fraction of sp³-hybridized carbons (Fsp3) is 0.438. The molecule has 108 valence electrons. The molecule has 3 nitrogen and oxygen atoms in total. The summed E-state index contributed by atoms with van der Waals surface area (Å²) in [6.45, 7) is 6.51. The number of halogens is 1. The predicted molar refractivity (Wildman–Crippen MR) is 83.3 cm³/mol. The molecule has 2 rings (SSSR count). The maximum absolute atomic E-state index is 10.7. The quantitative estimate of drug-likeness (QED) is 0.859. The first-order valence-corrected chi connectivity index (χ1v) is 7.29. The summed E-state index contributed by atoms with van der Waals surface area (Å²) >= 11 is 6.03. The molecule has 0 aromatic heterocycles. The monoisotopic (exact) mass is 293 g/mol. The third-order valence-corrected chi connectivity index (χ3v) is 3.84. The lowest BCUT2D eigenvalue weighted by Crippen LogP contribution is -2.39. The highest BCUT2D eigenvalue weighted by Crippen LogP contribution is 2.31. The third-order valence-electron chi connectivity index (χ3n) is 3.60. The lowest BCUT2D eigenvalue weighted by atomic mass is 9.91. The summed E-state index contributed by atoms with van der Waals surface area (Å²) in [5, 5.41) is 9.42. The van der Waals surface area contributed by atoms with Gasteiger partial charge in [0.25, 0.3) is 0 Å². The SMILES string of the molecule is CC1CC(C)CN(c2ccc(Cl)cc2/C=C/C(=O)O)C1. The van der Waals surface area contributed by atoms with E-state index in [1.807, 2.05) is 18.2 Å². The van der Waals surface area contributed by atoms with Crippen LogP contribution in [0.4, 0.5) is 5.69 Å². The molecule has 1 saturated heterocycles. The van der Waals surface area contributed by atoms with E-state index in [-0.39, 0.29) is 0 Å². The van der Waals surface area contributed by atoms with Crippen molar-refractivity contribution in [1.82, 2.24) is 0 Å². The van der Waals surface area contributed by atoms with Gasteiger partial charge in [-0.2, -0.15) is 0 Å². The molecule has 4 heteroatoms. The second kappa shape index (κ2) is 6.31. The molecule has 0 saturated carbocycles. The average Bonchev–Trinajstić information content (AvgIpc) is 2.35. The molecule has 1 N–H and O–H groups in total. The maximum Gasteiger partial charge on any atom is 0.328 e. The second-order valence-corrected chi connectivity index (χ2v) is 6.16. The first-order chi connectivity index (χ1) is 9.45. The Balaban J connectivity index is 2.32. The average molecular weight is 294 g/mol. The minimum atomic E-state index is -0.948. The van der Waals surface area contributed by atoms with Gasteiger partial charge in [0.1, 0.15) is 0 Å². The van der Waals surface area contributed by atoms with Gasteiger partial charge in [0.15, 0.2) is 0 Å². The smallest absolute Gasteiger partial charge is 0.328 e. The second-order valence-electron chi connectivity index (χ2n) is 5.73. The van der Waals surface area contributed by atoms with Crippen LogP contribution in [0.5, 0.6) is 0 Å². The number of anilines is 1. The van der Waals surface area contributed by atoms with Crippen molar-refractivity contribution in [3.8, 4) is 0 Å². The van der Waals surface area contributed by atoms with Gasteiger partial charge in [-0.05, 0) is 48.1 Å². The van der Waals surface area contributed by atoms with Gasteiger partial charge in [0, 0.05) is 29.9 Å². The lowest BCUT2D eigenvalue weighted by Gasteiger charge is -2.37. The van der Waals surface area contributed by atoms with Gasteiger partial charge in [-0.25, -0.2) is 4.79 Å². The van der Waals surface area contributed by atoms with Gasteiger partial charge >= 0.3 is 5.97 Å². The van der Waals surface area contributed by atoms with Crippen LogP contribution >= 0.6 is 11.6 Å². The molecule has 0 radical (unpaired) electrons. The van der Waals surface area contributed by atoms with E-state index in [1.165, 1.54) is 6.42 Å². The lowest BCUT2D eigenvalue weighted by molar-refractivity contribution is -0.131. The molecule has 1 aliphatic rings. The van der Waals surface area contributed by atoms with E-state index in [4.69, 9.17) is 16.7 Å². The maximum atomic E-state index is 10.7. The number of rotatable bonds is 3. The molecule has 0 spiro atoms. The van der Waals surface area contributed by atoms with Crippen LogP contribution in [0.15, 0.2) is 24.3 Å². The van der Waals surface area contributed by atoms with Gasteiger partial charge in [0.2, 0.25) is 0 Å². The van der Waals surface area contributed by atoms with Crippen molar-refractivity contribution in [3.63, 3.8) is 0 Å². The Morgan fingerprint density at radius 3 is 2.60 bits per heavy atom. The van der Waals surface area contributed by atoms with E-state index in [0.717, 1.165) is 30.4 Å². The first-order valence-electron chi connectivity index (χ1n) is 6.91. The molecule has 1 fully saturated rings. The number of hydrogen-bond acceptors (Lipinski definition) is 2. The highest BCUT2D eigenvalue weighted by molar-refractivity contribution is 6.30. The zero-order valence-electron chi connectivity index (χ0n) is 11.8. The van der Waals surface area contributed by atoms with Crippen LogP contribution < -0.4 is 4.90 Å². The zero-order chi connectivity index (χ0) is 14.7. The summed E-state index contributed by atoms with van der Waals surface area (Å²) in [7, 11) is 0. The van der Waals surface area contributed by atoms with Gasteiger partial charge in [-0.1, -0.05) is 25.4 Å². The Kier molecular flexibility index (Phi) is 4.71. The molecule has 0 amide bonds. The molecule has 20 heavy (non-hydrogen) atoms. The van der Waals surface area contributed by atoms with Crippen LogP contribution in [0.3, 0.4) is 0 Å². The number of carboxylic acids is 1. The van der Waals surface area contributed by atoms with E-state index < -0.39 is 5.97 Å². The van der Waals surface area contributed by atoms with Gasteiger partial charge in [-0.15, -0.1) is 0 Å². The fourth-order valence-corrected chi connectivity index (χ4v) is 3.15. The summed E-state index contributed by atoms with van der Waals surface area (Å²) in [6, 6.07) is 5.66. The van der Waals surface area contributed by atoms with Crippen molar-refractivity contribution >= 4 is 29.3 Å². The summed E-state index contributed by atoms with van der Waals surface area (Å²) in [6.07, 6.45) is 4.02. The van der Waals surface area contributed by atoms with Crippen LogP contribution in [0, 0.1) is 11.8 Å². The molecule has 2 unspecified atom stereocenters. The van der Waals surface area contributed by atoms with Crippen molar-refractivity contribution in [2.24, 2.45) is 11.8 Å². The fourth-order valence-electron chi connectivity index (χ4n) is 2.97. The summed E-state index contributed by atoms with van der Waals surface area (Å²) in [5.74, 6) is 0.341. The Morgan fingerprint density at radius 1 is 1.35 bits per heavy atom. The van der Waals surface area contributed by atoms with Crippen LogP contribution in [0.2, 0.25) is 5.02 Å². The Bertz CT molecular complexity index is 517. The largest absolute Gasteiger partial charge is 0.478 e. The molecule has 1 heterocycles. The first kappa shape index (κ1) is 14.9. The van der Waals surface area contributed by atoms with E-state index in [1.54, 1.807) is 6.08 Å². The normalized spacial score (nSPS) is 23.2. The van der Waals surface area contributed by atoms with Crippen molar-refractivity contribution in [2.45, 2.75) is 20.3 Å². The minimum Gasteiger partial charge on any atom is -0.478 e. The topological polar surface area (TPSA) is 40.5 Å². The van der Waals surface area contributed by atoms with Crippen molar-refractivity contribution < 1.29 is 9.90 Å².